The number of nitrogens with zero attached hydrogens (tertiary/aromatic N) is 1. The molecule has 0 aromatic heterocycles. The summed E-state index contributed by atoms with van der Waals surface area (Å²) in [5.74, 6) is -3.35. The molecule has 4 nitrogen and oxygen atoms in total. The van der Waals surface area contributed by atoms with Gasteiger partial charge in [-0.05, 0) is 24.3 Å². The van der Waals surface area contributed by atoms with Crippen LogP contribution in [0.3, 0.4) is 0 Å². The minimum atomic E-state index is -1.14. The number of halogens is 2. The third-order valence-corrected chi connectivity index (χ3v) is 3.04. The van der Waals surface area contributed by atoms with E-state index in [0.717, 1.165) is 17.0 Å². The molecule has 22 heavy (non-hydrogen) atoms. The fourth-order valence-electron chi connectivity index (χ4n) is 1.99. The Morgan fingerprint density at radius 1 is 0.955 bits per heavy atom. The molecule has 0 atom stereocenters. The maximum absolute atomic E-state index is 13.9. The number of rotatable bonds is 5. The molecule has 0 aliphatic rings. The first-order valence-electron chi connectivity index (χ1n) is 6.53. The highest BCUT2D eigenvalue weighted by Gasteiger charge is 2.23. The predicted molar refractivity (Wildman–Crippen MR) is 76.7 cm³/mol. The summed E-state index contributed by atoms with van der Waals surface area (Å²) >= 11 is 0. The lowest BCUT2D eigenvalue weighted by atomic mass is 10.1. The predicted octanol–water partition coefficient (Wildman–Crippen LogP) is 3.09. The summed E-state index contributed by atoms with van der Waals surface area (Å²) in [6, 6.07) is 10.7. The number of carboxylic acids is 1. The summed E-state index contributed by atoms with van der Waals surface area (Å²) in [6.45, 7) is -0.260. The van der Waals surface area contributed by atoms with Crippen molar-refractivity contribution in [3.63, 3.8) is 0 Å². The van der Waals surface area contributed by atoms with Crippen LogP contribution in [-0.4, -0.2) is 23.5 Å². The summed E-state index contributed by atoms with van der Waals surface area (Å²) in [7, 11) is 0. The van der Waals surface area contributed by atoms with Gasteiger partial charge in [0.05, 0.1) is 17.7 Å². The minimum absolute atomic E-state index is 0.0861. The van der Waals surface area contributed by atoms with Crippen molar-refractivity contribution in [3.05, 3.63) is 65.7 Å². The Morgan fingerprint density at radius 3 is 2.14 bits per heavy atom. The first-order chi connectivity index (χ1) is 10.5. The largest absolute Gasteiger partial charge is 0.481 e. The van der Waals surface area contributed by atoms with E-state index in [2.05, 4.69) is 0 Å². The molecule has 2 rings (SSSR count). The lowest BCUT2D eigenvalue weighted by Gasteiger charge is -2.23. The van der Waals surface area contributed by atoms with Crippen LogP contribution >= 0.6 is 0 Å². The number of para-hydroxylation sites is 1. The highest BCUT2D eigenvalue weighted by atomic mass is 19.1. The van der Waals surface area contributed by atoms with Gasteiger partial charge in [-0.2, -0.15) is 0 Å². The second kappa shape index (κ2) is 6.80. The van der Waals surface area contributed by atoms with Crippen LogP contribution in [0, 0.1) is 11.6 Å². The molecule has 0 saturated carbocycles. The van der Waals surface area contributed by atoms with Crippen LogP contribution in [0.15, 0.2) is 48.5 Å². The van der Waals surface area contributed by atoms with Crippen LogP contribution in [0.1, 0.15) is 16.8 Å². The first-order valence-corrected chi connectivity index (χ1v) is 6.53. The Hall–Kier alpha value is -2.76. The van der Waals surface area contributed by atoms with Crippen LogP contribution in [0.4, 0.5) is 14.5 Å². The Morgan fingerprint density at radius 2 is 1.55 bits per heavy atom. The fourth-order valence-corrected chi connectivity index (χ4v) is 1.99. The van der Waals surface area contributed by atoms with Crippen molar-refractivity contribution in [2.24, 2.45) is 0 Å². The molecule has 0 aliphatic carbocycles. The van der Waals surface area contributed by atoms with Crippen molar-refractivity contribution in [2.75, 3.05) is 11.4 Å². The summed E-state index contributed by atoms with van der Waals surface area (Å²) < 4.78 is 27.7. The van der Waals surface area contributed by atoms with Crippen LogP contribution in [0.25, 0.3) is 0 Å². The van der Waals surface area contributed by atoms with Crippen LogP contribution in [-0.2, 0) is 4.79 Å². The number of carbonyl (C=O) groups excluding carboxylic acids is 1. The molecule has 0 aliphatic heterocycles. The van der Waals surface area contributed by atoms with Gasteiger partial charge in [0.2, 0.25) is 0 Å². The summed E-state index contributed by atoms with van der Waals surface area (Å²) in [5.41, 5.74) is -0.326. The van der Waals surface area contributed by atoms with Crippen molar-refractivity contribution in [1.82, 2.24) is 0 Å². The van der Waals surface area contributed by atoms with E-state index in [1.54, 1.807) is 0 Å². The van der Waals surface area contributed by atoms with E-state index in [9.17, 15) is 18.4 Å². The van der Waals surface area contributed by atoms with Gasteiger partial charge in [-0.25, -0.2) is 8.78 Å². The van der Waals surface area contributed by atoms with E-state index >= 15 is 0 Å². The number of carbonyl (C=O) groups is 2. The van der Waals surface area contributed by atoms with E-state index in [0.29, 0.717) is 0 Å². The van der Waals surface area contributed by atoms with Gasteiger partial charge in [0.15, 0.2) is 0 Å². The zero-order valence-electron chi connectivity index (χ0n) is 11.5. The Labute approximate surface area is 125 Å². The molecule has 0 fully saturated rings. The molecular formula is C16H13F2NO3. The lowest BCUT2D eigenvalue weighted by Crippen LogP contribution is -2.34. The molecule has 1 amide bonds. The van der Waals surface area contributed by atoms with E-state index in [4.69, 9.17) is 5.11 Å². The van der Waals surface area contributed by atoms with Gasteiger partial charge >= 0.3 is 5.97 Å². The average Bonchev–Trinajstić information content (AvgIpc) is 2.49. The van der Waals surface area contributed by atoms with Gasteiger partial charge in [0.1, 0.15) is 11.6 Å². The highest BCUT2D eigenvalue weighted by molar-refractivity contribution is 6.06. The maximum Gasteiger partial charge on any atom is 0.305 e. The van der Waals surface area contributed by atoms with Gasteiger partial charge in [-0.15, -0.1) is 0 Å². The van der Waals surface area contributed by atoms with Crippen LogP contribution in [0.2, 0.25) is 0 Å². The second-order valence-electron chi connectivity index (χ2n) is 4.53. The number of anilines is 1. The maximum atomic E-state index is 13.9. The molecule has 0 bridgehead atoms. The SMILES string of the molecule is O=C(O)CCN(C(=O)c1ccccc1F)c1ccccc1F. The quantitative estimate of drug-likeness (QED) is 0.923. The zero-order valence-corrected chi connectivity index (χ0v) is 11.5. The summed E-state index contributed by atoms with van der Waals surface area (Å²) in [4.78, 5) is 24.1. The van der Waals surface area contributed by atoms with Gasteiger partial charge in [-0.3, -0.25) is 9.59 Å². The molecule has 0 saturated heterocycles. The first kappa shape index (κ1) is 15.6. The zero-order chi connectivity index (χ0) is 16.1. The van der Waals surface area contributed by atoms with Gasteiger partial charge < -0.3 is 10.0 Å². The van der Waals surface area contributed by atoms with Crippen molar-refractivity contribution in [1.29, 1.82) is 0 Å². The van der Waals surface area contributed by atoms with Crippen molar-refractivity contribution < 1.29 is 23.5 Å². The van der Waals surface area contributed by atoms with Crippen LogP contribution in [0.5, 0.6) is 0 Å². The van der Waals surface area contributed by atoms with Gasteiger partial charge in [0.25, 0.3) is 5.91 Å². The molecule has 6 heteroatoms. The number of carboxylic acid groups (broad SMARTS) is 1. The molecule has 0 spiro atoms. The molecule has 1 N–H and O–H groups in total. The number of hydrogen-bond acceptors (Lipinski definition) is 2. The molecule has 2 aromatic carbocycles. The third kappa shape index (κ3) is 3.46. The standard InChI is InChI=1S/C16H13F2NO3/c17-12-6-2-1-5-11(12)16(22)19(10-9-15(20)21)14-8-4-3-7-13(14)18/h1-8H,9-10H2,(H,20,21). The minimum Gasteiger partial charge on any atom is -0.481 e. The van der Waals surface area contributed by atoms with E-state index in [1.165, 1.54) is 36.4 Å². The van der Waals surface area contributed by atoms with Gasteiger partial charge in [-0.1, -0.05) is 24.3 Å². The van der Waals surface area contributed by atoms with Crippen molar-refractivity contribution >= 4 is 17.6 Å². The van der Waals surface area contributed by atoms with E-state index in [-0.39, 0.29) is 24.2 Å². The molecule has 114 valence electrons. The smallest absolute Gasteiger partial charge is 0.305 e. The Balaban J connectivity index is 2.40. The van der Waals surface area contributed by atoms with E-state index in [1.807, 2.05) is 0 Å². The lowest BCUT2D eigenvalue weighted by molar-refractivity contribution is -0.136. The topological polar surface area (TPSA) is 57.6 Å². The summed E-state index contributed by atoms with van der Waals surface area (Å²) in [6.07, 6.45) is -0.380. The normalized spacial score (nSPS) is 10.3. The number of aliphatic carboxylic acids is 1. The molecule has 0 radical (unpaired) electrons. The van der Waals surface area contributed by atoms with Crippen molar-refractivity contribution in [3.8, 4) is 0 Å². The Bertz CT molecular complexity index is 703. The number of amides is 1. The monoisotopic (exact) mass is 305 g/mol. The molecule has 2 aromatic rings. The summed E-state index contributed by atoms with van der Waals surface area (Å²) in [5, 5.41) is 8.78. The second-order valence-corrected chi connectivity index (χ2v) is 4.53. The van der Waals surface area contributed by atoms with Gasteiger partial charge in [0, 0.05) is 6.54 Å². The molecule has 0 heterocycles. The fraction of sp³-hybridized carbons (Fsp3) is 0.125. The van der Waals surface area contributed by atoms with Crippen LogP contribution < -0.4 is 4.90 Å². The Kier molecular flexibility index (Phi) is 4.83. The van der Waals surface area contributed by atoms with Crippen molar-refractivity contribution in [2.45, 2.75) is 6.42 Å². The number of hydrogen-bond donors (Lipinski definition) is 1. The molecular weight excluding hydrogens is 292 g/mol. The average molecular weight is 305 g/mol. The highest BCUT2D eigenvalue weighted by Crippen LogP contribution is 2.22. The third-order valence-electron chi connectivity index (χ3n) is 3.04. The van der Waals surface area contributed by atoms with E-state index < -0.39 is 23.5 Å². The molecule has 0 unspecified atom stereocenters. The number of benzene rings is 2.